The summed E-state index contributed by atoms with van der Waals surface area (Å²) < 4.78 is 0. The molecule has 2 N–H and O–H groups in total. The second-order valence-electron chi connectivity index (χ2n) is 7.02. The van der Waals surface area contributed by atoms with E-state index in [0.29, 0.717) is 6.54 Å². The molecule has 0 unspecified atom stereocenters. The monoisotopic (exact) mass is 352 g/mol. The lowest BCUT2D eigenvalue weighted by molar-refractivity contribution is 0.148. The number of likely N-dealkylation sites (N-methyl/N-ethyl adjacent to an activating group) is 1. The van der Waals surface area contributed by atoms with Crippen LogP contribution in [-0.4, -0.2) is 49.1 Å². The predicted molar refractivity (Wildman–Crippen MR) is 106 cm³/mol. The summed E-state index contributed by atoms with van der Waals surface area (Å²) in [4.78, 5) is 16.9. The van der Waals surface area contributed by atoms with E-state index in [0.717, 1.165) is 49.5 Å². The zero-order valence-corrected chi connectivity index (χ0v) is 15.7. The Balaban J connectivity index is 1.45. The van der Waals surface area contributed by atoms with Gasteiger partial charge in [-0.3, -0.25) is 4.90 Å². The molecule has 1 heterocycles. The molecule has 0 atom stereocenters. The van der Waals surface area contributed by atoms with Crippen molar-refractivity contribution in [1.82, 2.24) is 15.1 Å². The van der Waals surface area contributed by atoms with Gasteiger partial charge in [0.2, 0.25) is 0 Å². The minimum absolute atomic E-state index is 0.180. The summed E-state index contributed by atoms with van der Waals surface area (Å²) in [6.45, 7) is 8.02. The van der Waals surface area contributed by atoms with Crippen molar-refractivity contribution in [2.75, 3.05) is 38.5 Å². The number of benzene rings is 2. The van der Waals surface area contributed by atoms with E-state index < -0.39 is 0 Å². The Morgan fingerprint density at radius 2 is 1.62 bits per heavy atom. The second kappa shape index (κ2) is 8.83. The van der Waals surface area contributed by atoms with Crippen LogP contribution in [0.2, 0.25) is 0 Å². The lowest BCUT2D eigenvalue weighted by Crippen LogP contribution is -2.43. The van der Waals surface area contributed by atoms with E-state index in [2.05, 4.69) is 51.7 Å². The van der Waals surface area contributed by atoms with Gasteiger partial charge in [0.15, 0.2) is 0 Å². The normalized spacial score (nSPS) is 15.6. The maximum absolute atomic E-state index is 12.1. The van der Waals surface area contributed by atoms with E-state index in [1.807, 2.05) is 31.2 Å². The van der Waals surface area contributed by atoms with Gasteiger partial charge in [-0.1, -0.05) is 42.5 Å². The Labute approximate surface area is 156 Å². The summed E-state index contributed by atoms with van der Waals surface area (Å²) in [5.41, 5.74) is 4.32. The van der Waals surface area contributed by atoms with Crippen LogP contribution >= 0.6 is 0 Å². The number of hydrogen-bond donors (Lipinski definition) is 2. The van der Waals surface area contributed by atoms with Gasteiger partial charge in [0.1, 0.15) is 0 Å². The van der Waals surface area contributed by atoms with Gasteiger partial charge < -0.3 is 15.5 Å². The van der Waals surface area contributed by atoms with Crippen molar-refractivity contribution in [3.8, 4) is 0 Å². The SMILES string of the molecule is Cc1ccccc1NC(=O)NCc1ccc(CN2CCN(C)CC2)cc1. The van der Waals surface area contributed by atoms with E-state index in [1.54, 1.807) is 0 Å². The summed E-state index contributed by atoms with van der Waals surface area (Å²) in [6.07, 6.45) is 0. The van der Waals surface area contributed by atoms with Crippen LogP contribution in [0.1, 0.15) is 16.7 Å². The van der Waals surface area contributed by atoms with E-state index in [4.69, 9.17) is 0 Å². The molecule has 5 heteroatoms. The highest BCUT2D eigenvalue weighted by Crippen LogP contribution is 2.13. The number of aryl methyl sites for hydroxylation is 1. The number of amides is 2. The molecule has 0 bridgehead atoms. The topological polar surface area (TPSA) is 47.6 Å². The maximum Gasteiger partial charge on any atom is 0.319 e. The van der Waals surface area contributed by atoms with Crippen molar-refractivity contribution >= 4 is 11.7 Å². The van der Waals surface area contributed by atoms with Crippen LogP contribution < -0.4 is 10.6 Å². The van der Waals surface area contributed by atoms with Crippen molar-refractivity contribution in [2.45, 2.75) is 20.0 Å². The Morgan fingerprint density at radius 1 is 0.962 bits per heavy atom. The molecule has 2 aromatic carbocycles. The van der Waals surface area contributed by atoms with Crippen LogP contribution in [0, 0.1) is 6.92 Å². The van der Waals surface area contributed by atoms with Crippen molar-refractivity contribution in [3.05, 3.63) is 65.2 Å². The fourth-order valence-electron chi connectivity index (χ4n) is 3.09. The molecule has 0 saturated carbocycles. The number of para-hydroxylation sites is 1. The first-order chi connectivity index (χ1) is 12.6. The zero-order chi connectivity index (χ0) is 18.4. The number of carbonyl (C=O) groups excluding carboxylic acids is 1. The molecule has 0 radical (unpaired) electrons. The molecule has 1 fully saturated rings. The van der Waals surface area contributed by atoms with Crippen molar-refractivity contribution in [1.29, 1.82) is 0 Å². The number of hydrogen-bond acceptors (Lipinski definition) is 3. The second-order valence-corrected chi connectivity index (χ2v) is 7.02. The number of nitrogens with zero attached hydrogens (tertiary/aromatic N) is 2. The van der Waals surface area contributed by atoms with Crippen LogP contribution in [0.4, 0.5) is 10.5 Å². The molecule has 1 aliphatic rings. The minimum Gasteiger partial charge on any atom is -0.334 e. The van der Waals surface area contributed by atoms with Gasteiger partial charge in [0, 0.05) is 45.0 Å². The van der Waals surface area contributed by atoms with Gasteiger partial charge in [-0.05, 0) is 36.7 Å². The third-order valence-electron chi connectivity index (χ3n) is 4.87. The Kier molecular flexibility index (Phi) is 6.26. The van der Waals surface area contributed by atoms with Crippen LogP contribution in [0.25, 0.3) is 0 Å². The number of piperazine rings is 1. The summed E-state index contributed by atoms with van der Waals surface area (Å²) in [5, 5.41) is 5.80. The fraction of sp³-hybridized carbons (Fsp3) is 0.381. The molecule has 0 aromatic heterocycles. The molecule has 0 aliphatic carbocycles. The number of anilines is 1. The number of rotatable bonds is 5. The number of urea groups is 1. The lowest BCUT2D eigenvalue weighted by Gasteiger charge is -2.32. The standard InChI is InChI=1S/C21H28N4O/c1-17-5-3-4-6-20(17)23-21(26)22-15-18-7-9-19(10-8-18)16-25-13-11-24(2)12-14-25/h3-10H,11-16H2,1-2H3,(H2,22,23,26). The summed E-state index contributed by atoms with van der Waals surface area (Å²) in [5.74, 6) is 0. The van der Waals surface area contributed by atoms with Gasteiger partial charge in [0.05, 0.1) is 0 Å². The Bertz CT molecular complexity index is 721. The molecule has 2 aromatic rings. The largest absolute Gasteiger partial charge is 0.334 e. The van der Waals surface area contributed by atoms with Gasteiger partial charge in [-0.2, -0.15) is 0 Å². The molecule has 1 aliphatic heterocycles. The summed E-state index contributed by atoms with van der Waals surface area (Å²) in [7, 11) is 2.17. The highest BCUT2D eigenvalue weighted by molar-refractivity contribution is 5.89. The molecule has 26 heavy (non-hydrogen) atoms. The van der Waals surface area contributed by atoms with Crippen LogP contribution in [0.5, 0.6) is 0 Å². The van der Waals surface area contributed by atoms with E-state index in [1.165, 1.54) is 5.56 Å². The van der Waals surface area contributed by atoms with Crippen LogP contribution in [0.3, 0.4) is 0 Å². The van der Waals surface area contributed by atoms with Gasteiger partial charge in [0.25, 0.3) is 0 Å². The average molecular weight is 352 g/mol. The first-order valence-electron chi connectivity index (χ1n) is 9.19. The quantitative estimate of drug-likeness (QED) is 0.869. The Hall–Kier alpha value is -2.37. The number of carbonyl (C=O) groups is 1. The minimum atomic E-state index is -0.180. The molecule has 1 saturated heterocycles. The summed E-state index contributed by atoms with van der Waals surface area (Å²) in [6, 6.07) is 16.1. The maximum atomic E-state index is 12.1. The molecule has 2 amide bonds. The summed E-state index contributed by atoms with van der Waals surface area (Å²) >= 11 is 0. The fourth-order valence-corrected chi connectivity index (χ4v) is 3.09. The van der Waals surface area contributed by atoms with Gasteiger partial charge in [-0.15, -0.1) is 0 Å². The molecular weight excluding hydrogens is 324 g/mol. The lowest BCUT2D eigenvalue weighted by atomic mass is 10.1. The molecule has 138 valence electrons. The highest BCUT2D eigenvalue weighted by atomic mass is 16.2. The van der Waals surface area contributed by atoms with E-state index in [-0.39, 0.29) is 6.03 Å². The molecule has 0 spiro atoms. The smallest absolute Gasteiger partial charge is 0.319 e. The highest BCUT2D eigenvalue weighted by Gasteiger charge is 2.13. The van der Waals surface area contributed by atoms with Crippen molar-refractivity contribution in [3.63, 3.8) is 0 Å². The number of nitrogens with one attached hydrogen (secondary N) is 2. The Morgan fingerprint density at radius 3 is 2.31 bits per heavy atom. The molecule has 5 nitrogen and oxygen atoms in total. The van der Waals surface area contributed by atoms with E-state index in [9.17, 15) is 4.79 Å². The average Bonchev–Trinajstić information content (AvgIpc) is 2.65. The van der Waals surface area contributed by atoms with Crippen molar-refractivity contribution in [2.24, 2.45) is 0 Å². The van der Waals surface area contributed by atoms with Crippen LogP contribution in [-0.2, 0) is 13.1 Å². The van der Waals surface area contributed by atoms with E-state index >= 15 is 0 Å². The third-order valence-corrected chi connectivity index (χ3v) is 4.87. The molecule has 3 rings (SSSR count). The first kappa shape index (κ1) is 18.4. The molecular formula is C21H28N4O. The van der Waals surface area contributed by atoms with Crippen molar-refractivity contribution < 1.29 is 4.79 Å². The van der Waals surface area contributed by atoms with Gasteiger partial charge in [-0.25, -0.2) is 4.79 Å². The predicted octanol–water partition coefficient (Wildman–Crippen LogP) is 3.06. The third kappa shape index (κ3) is 5.31. The first-order valence-corrected chi connectivity index (χ1v) is 9.19. The van der Waals surface area contributed by atoms with Crippen LogP contribution in [0.15, 0.2) is 48.5 Å². The van der Waals surface area contributed by atoms with Gasteiger partial charge >= 0.3 is 6.03 Å². The zero-order valence-electron chi connectivity index (χ0n) is 15.7.